The van der Waals surface area contributed by atoms with Crippen LogP contribution in [0.2, 0.25) is 0 Å². The molecule has 0 fully saturated rings. The first-order chi connectivity index (χ1) is 11.0. The maximum Gasteiger partial charge on any atom is 0.228 e. The highest BCUT2D eigenvalue weighted by Gasteiger charge is 2.19. The number of furan rings is 1. The van der Waals surface area contributed by atoms with E-state index in [-0.39, 0.29) is 11.7 Å². The summed E-state index contributed by atoms with van der Waals surface area (Å²) in [6, 6.07) is 12.7. The van der Waals surface area contributed by atoms with Crippen LogP contribution >= 0.6 is 0 Å². The van der Waals surface area contributed by atoms with Crippen LogP contribution in [-0.2, 0) is 4.79 Å². The van der Waals surface area contributed by atoms with E-state index in [1.165, 1.54) is 6.92 Å². The Balaban J connectivity index is 2.04. The third-order valence-electron chi connectivity index (χ3n) is 3.78. The molecule has 3 rings (SSSR count). The molecule has 1 heterocycles. The topological polar surface area (TPSA) is 59.3 Å². The van der Waals surface area contributed by atoms with Crippen LogP contribution in [0.25, 0.3) is 11.0 Å². The van der Waals surface area contributed by atoms with Crippen molar-refractivity contribution >= 4 is 28.3 Å². The average molecular weight is 307 g/mol. The van der Waals surface area contributed by atoms with E-state index in [0.29, 0.717) is 22.6 Å². The van der Waals surface area contributed by atoms with Gasteiger partial charge in [0.1, 0.15) is 5.58 Å². The highest BCUT2D eigenvalue weighted by atomic mass is 16.3. The Hall–Kier alpha value is -2.88. The quantitative estimate of drug-likeness (QED) is 0.736. The Morgan fingerprint density at radius 1 is 1.00 bits per heavy atom. The highest BCUT2D eigenvalue weighted by Crippen LogP contribution is 2.29. The molecule has 0 saturated carbocycles. The van der Waals surface area contributed by atoms with E-state index in [4.69, 9.17) is 4.42 Å². The third-order valence-corrected chi connectivity index (χ3v) is 3.78. The van der Waals surface area contributed by atoms with Crippen molar-refractivity contribution in [1.82, 2.24) is 0 Å². The lowest BCUT2D eigenvalue weighted by Crippen LogP contribution is -2.05. The van der Waals surface area contributed by atoms with Crippen LogP contribution in [0.5, 0.6) is 0 Å². The third kappa shape index (κ3) is 2.88. The van der Waals surface area contributed by atoms with Crippen LogP contribution < -0.4 is 5.32 Å². The van der Waals surface area contributed by atoms with Gasteiger partial charge in [0.2, 0.25) is 11.7 Å². The minimum absolute atomic E-state index is 0.138. The van der Waals surface area contributed by atoms with Crippen LogP contribution in [0.3, 0.4) is 0 Å². The largest absolute Gasteiger partial charge is 0.452 e. The lowest BCUT2D eigenvalue weighted by molar-refractivity contribution is -0.114. The zero-order chi connectivity index (χ0) is 16.6. The van der Waals surface area contributed by atoms with E-state index in [1.54, 1.807) is 24.3 Å². The zero-order valence-electron chi connectivity index (χ0n) is 13.3. The fourth-order valence-electron chi connectivity index (χ4n) is 2.55. The highest BCUT2D eigenvalue weighted by molar-refractivity contribution is 6.10. The Bertz CT molecular complexity index is 904. The van der Waals surface area contributed by atoms with Gasteiger partial charge in [-0.05, 0) is 32.0 Å². The first-order valence-electron chi connectivity index (χ1n) is 7.38. The molecule has 0 atom stereocenters. The number of hydrogen-bond donors (Lipinski definition) is 1. The van der Waals surface area contributed by atoms with Gasteiger partial charge in [0.15, 0.2) is 5.76 Å². The van der Waals surface area contributed by atoms with Gasteiger partial charge in [0.05, 0.1) is 0 Å². The normalized spacial score (nSPS) is 10.7. The molecular formula is C19H17NO3. The van der Waals surface area contributed by atoms with Gasteiger partial charge in [0, 0.05) is 29.1 Å². The number of aryl methyl sites for hydroxylation is 2. The van der Waals surface area contributed by atoms with Gasteiger partial charge in [-0.2, -0.15) is 0 Å². The minimum Gasteiger partial charge on any atom is -0.452 e. The summed E-state index contributed by atoms with van der Waals surface area (Å²) in [5.41, 5.74) is 3.79. The Labute approximate surface area is 134 Å². The monoisotopic (exact) mass is 307 g/mol. The first kappa shape index (κ1) is 15.0. The molecule has 1 N–H and O–H groups in total. The van der Waals surface area contributed by atoms with Gasteiger partial charge < -0.3 is 9.73 Å². The number of amides is 1. The van der Waals surface area contributed by atoms with Gasteiger partial charge >= 0.3 is 0 Å². The summed E-state index contributed by atoms with van der Waals surface area (Å²) in [5, 5.41) is 3.56. The number of ketones is 1. The predicted molar refractivity (Wildman–Crippen MR) is 89.9 cm³/mol. The molecule has 23 heavy (non-hydrogen) atoms. The van der Waals surface area contributed by atoms with Gasteiger partial charge in [-0.3, -0.25) is 9.59 Å². The molecule has 3 aromatic rings. The molecule has 0 aliphatic carbocycles. The van der Waals surface area contributed by atoms with Crippen molar-refractivity contribution in [2.24, 2.45) is 0 Å². The second-order valence-corrected chi connectivity index (χ2v) is 5.64. The molecule has 0 unspecified atom stereocenters. The second-order valence-electron chi connectivity index (χ2n) is 5.64. The molecule has 0 saturated heterocycles. The van der Waals surface area contributed by atoms with Gasteiger partial charge in [-0.15, -0.1) is 0 Å². The van der Waals surface area contributed by atoms with Crippen molar-refractivity contribution in [2.45, 2.75) is 20.8 Å². The van der Waals surface area contributed by atoms with E-state index in [1.807, 2.05) is 32.0 Å². The summed E-state index contributed by atoms with van der Waals surface area (Å²) in [5.74, 6) is 0.0602. The van der Waals surface area contributed by atoms with Gasteiger partial charge in [-0.25, -0.2) is 0 Å². The molecule has 0 bridgehead atoms. The molecular weight excluding hydrogens is 290 g/mol. The average Bonchev–Trinajstić information content (AvgIpc) is 2.84. The van der Waals surface area contributed by atoms with E-state index < -0.39 is 0 Å². The van der Waals surface area contributed by atoms with Crippen LogP contribution in [0.1, 0.15) is 34.2 Å². The SMILES string of the molecule is CC(=O)Nc1ccc2oc(C(=O)c3ccc(C)cc3)c(C)c2c1. The fraction of sp³-hybridized carbons (Fsp3) is 0.158. The maximum absolute atomic E-state index is 12.6. The smallest absolute Gasteiger partial charge is 0.228 e. The molecule has 0 aliphatic heterocycles. The molecule has 0 spiro atoms. The summed E-state index contributed by atoms with van der Waals surface area (Å²) in [4.78, 5) is 23.8. The van der Waals surface area contributed by atoms with Crippen molar-refractivity contribution < 1.29 is 14.0 Å². The number of hydrogen-bond acceptors (Lipinski definition) is 3. The van der Waals surface area contributed by atoms with E-state index in [9.17, 15) is 9.59 Å². The number of fused-ring (bicyclic) bond motifs is 1. The van der Waals surface area contributed by atoms with Crippen molar-refractivity contribution in [3.63, 3.8) is 0 Å². The number of nitrogens with one attached hydrogen (secondary N) is 1. The molecule has 2 aromatic carbocycles. The molecule has 0 radical (unpaired) electrons. The summed E-state index contributed by atoms with van der Waals surface area (Å²) in [6.45, 7) is 5.29. The van der Waals surface area contributed by atoms with Crippen molar-refractivity contribution in [2.75, 3.05) is 5.32 Å². The van der Waals surface area contributed by atoms with Crippen LogP contribution in [0.15, 0.2) is 46.9 Å². The zero-order valence-corrected chi connectivity index (χ0v) is 13.3. The molecule has 1 aromatic heterocycles. The number of rotatable bonds is 3. The minimum atomic E-state index is -0.139. The van der Waals surface area contributed by atoms with Gasteiger partial charge in [0.25, 0.3) is 0 Å². The Kier molecular flexibility index (Phi) is 3.74. The fourth-order valence-corrected chi connectivity index (χ4v) is 2.55. The maximum atomic E-state index is 12.6. The second kappa shape index (κ2) is 5.72. The van der Waals surface area contributed by atoms with E-state index in [2.05, 4.69) is 5.32 Å². The summed E-state index contributed by atoms with van der Waals surface area (Å²) < 4.78 is 5.74. The number of anilines is 1. The lowest BCUT2D eigenvalue weighted by atomic mass is 10.0. The molecule has 1 amide bonds. The van der Waals surface area contributed by atoms with Crippen LogP contribution in [0, 0.1) is 13.8 Å². The lowest BCUT2D eigenvalue weighted by Gasteiger charge is -2.01. The molecule has 116 valence electrons. The predicted octanol–water partition coefficient (Wildman–Crippen LogP) is 4.24. The van der Waals surface area contributed by atoms with Gasteiger partial charge in [-0.1, -0.05) is 29.8 Å². The first-order valence-corrected chi connectivity index (χ1v) is 7.38. The van der Waals surface area contributed by atoms with Crippen LogP contribution in [0.4, 0.5) is 5.69 Å². The number of benzene rings is 2. The van der Waals surface area contributed by atoms with Crippen molar-refractivity contribution in [3.8, 4) is 0 Å². The van der Waals surface area contributed by atoms with E-state index >= 15 is 0 Å². The Morgan fingerprint density at radius 2 is 1.70 bits per heavy atom. The molecule has 4 nitrogen and oxygen atoms in total. The summed E-state index contributed by atoms with van der Waals surface area (Å²) >= 11 is 0. The standard InChI is InChI=1S/C19H17NO3/c1-11-4-6-14(7-5-11)18(22)19-12(2)16-10-15(20-13(3)21)8-9-17(16)23-19/h4-10H,1-3H3,(H,20,21). The Morgan fingerprint density at radius 3 is 2.35 bits per heavy atom. The van der Waals surface area contributed by atoms with Crippen molar-refractivity contribution in [1.29, 1.82) is 0 Å². The van der Waals surface area contributed by atoms with Crippen molar-refractivity contribution in [3.05, 3.63) is 64.9 Å². The summed E-state index contributed by atoms with van der Waals surface area (Å²) in [7, 11) is 0. The van der Waals surface area contributed by atoms with E-state index in [0.717, 1.165) is 16.5 Å². The summed E-state index contributed by atoms with van der Waals surface area (Å²) in [6.07, 6.45) is 0. The van der Waals surface area contributed by atoms with Crippen LogP contribution in [-0.4, -0.2) is 11.7 Å². The molecule has 0 aliphatic rings. The molecule has 4 heteroatoms. The number of carbonyl (C=O) groups excluding carboxylic acids is 2. The number of carbonyl (C=O) groups is 2.